The predicted octanol–water partition coefficient (Wildman–Crippen LogP) is 0.807. The molecule has 2 nitrogen and oxygen atoms in total. The first-order valence-electron chi connectivity index (χ1n) is 2.77. The first-order valence-corrected chi connectivity index (χ1v) is 2.77. The van der Waals surface area contributed by atoms with Crippen LogP contribution in [0.1, 0.15) is 0 Å². The molecular formula is C5H4F4O2. The molecule has 1 aliphatic carbocycles. The van der Waals surface area contributed by atoms with Crippen molar-refractivity contribution in [1.82, 2.24) is 0 Å². The van der Waals surface area contributed by atoms with Crippen LogP contribution in [0.4, 0.5) is 17.6 Å². The molecule has 0 saturated heterocycles. The van der Waals surface area contributed by atoms with Crippen LogP contribution in [0.25, 0.3) is 0 Å². The van der Waals surface area contributed by atoms with Crippen LogP contribution in [0.5, 0.6) is 0 Å². The molecule has 0 aromatic carbocycles. The third-order valence-electron chi connectivity index (χ3n) is 1.69. The van der Waals surface area contributed by atoms with E-state index in [1.807, 2.05) is 0 Å². The maximum absolute atomic E-state index is 12.5. The number of carbonyl (C=O) groups is 1. The van der Waals surface area contributed by atoms with Gasteiger partial charge in [0.1, 0.15) is 0 Å². The summed E-state index contributed by atoms with van der Waals surface area (Å²) in [6.07, 6.45) is -8.44. The number of carboxylic acids is 1. The number of aliphatic carboxylic acids is 1. The molecule has 11 heavy (non-hydrogen) atoms. The third kappa shape index (κ3) is 0.749. The minimum absolute atomic E-state index is 2.30. The van der Waals surface area contributed by atoms with Gasteiger partial charge in [0.2, 0.25) is 0 Å². The molecule has 6 heteroatoms. The molecule has 1 N–H and O–H groups in total. The summed E-state index contributed by atoms with van der Waals surface area (Å²) in [5.74, 6) is -2.30. The van der Waals surface area contributed by atoms with E-state index in [0.717, 1.165) is 0 Å². The molecule has 0 amide bonds. The highest BCUT2D eigenvalue weighted by molar-refractivity contribution is 5.81. The number of hydrogen-bond acceptors (Lipinski definition) is 1. The second kappa shape index (κ2) is 2.09. The Morgan fingerprint density at radius 3 is 1.82 bits per heavy atom. The lowest BCUT2D eigenvalue weighted by molar-refractivity contribution is -0.201. The Morgan fingerprint density at radius 2 is 1.64 bits per heavy atom. The van der Waals surface area contributed by atoms with Gasteiger partial charge in [0.05, 0.1) is 0 Å². The second-order valence-corrected chi connectivity index (χ2v) is 2.32. The fourth-order valence-corrected chi connectivity index (χ4v) is 0.881. The lowest BCUT2D eigenvalue weighted by Crippen LogP contribution is -2.69. The molecule has 0 aromatic rings. The zero-order chi connectivity index (χ0) is 8.81. The minimum atomic E-state index is -3.68. The van der Waals surface area contributed by atoms with E-state index in [1.54, 1.807) is 0 Å². The Labute approximate surface area is 58.8 Å². The molecule has 64 valence electrons. The Balaban J connectivity index is 2.82. The van der Waals surface area contributed by atoms with E-state index in [-0.39, 0.29) is 0 Å². The van der Waals surface area contributed by atoms with Crippen LogP contribution < -0.4 is 0 Å². The first kappa shape index (κ1) is 8.29. The van der Waals surface area contributed by atoms with Gasteiger partial charge in [0, 0.05) is 0 Å². The van der Waals surface area contributed by atoms with E-state index >= 15 is 0 Å². The van der Waals surface area contributed by atoms with Gasteiger partial charge in [0.25, 0.3) is 5.67 Å². The fraction of sp³-hybridized carbons (Fsp3) is 0.800. The summed E-state index contributed by atoms with van der Waals surface area (Å²) in [6, 6.07) is 0. The van der Waals surface area contributed by atoms with E-state index in [9.17, 15) is 22.4 Å². The number of rotatable bonds is 1. The summed E-state index contributed by atoms with van der Waals surface area (Å²) in [6.45, 7) is 0. The first-order chi connectivity index (χ1) is 4.92. The molecule has 2 unspecified atom stereocenters. The highest BCUT2D eigenvalue weighted by Crippen LogP contribution is 2.43. The number of halogens is 4. The highest BCUT2D eigenvalue weighted by atomic mass is 19.2. The van der Waals surface area contributed by atoms with Crippen molar-refractivity contribution in [3.8, 4) is 0 Å². The Hall–Kier alpha value is -0.810. The Morgan fingerprint density at radius 1 is 1.27 bits per heavy atom. The van der Waals surface area contributed by atoms with Gasteiger partial charge >= 0.3 is 5.97 Å². The Bertz CT molecular complexity index is 185. The minimum Gasteiger partial charge on any atom is -0.479 e. The monoisotopic (exact) mass is 172 g/mol. The molecule has 0 aromatic heterocycles. The van der Waals surface area contributed by atoms with E-state index in [0.29, 0.717) is 0 Å². The molecule has 1 aliphatic rings. The van der Waals surface area contributed by atoms with Gasteiger partial charge in [-0.1, -0.05) is 0 Å². The predicted molar refractivity (Wildman–Crippen MR) is 26.2 cm³/mol. The van der Waals surface area contributed by atoms with Crippen molar-refractivity contribution in [3.05, 3.63) is 0 Å². The molecule has 0 radical (unpaired) electrons. The lowest BCUT2D eigenvalue weighted by atomic mass is 9.76. The summed E-state index contributed by atoms with van der Waals surface area (Å²) < 4.78 is 48.6. The van der Waals surface area contributed by atoms with Gasteiger partial charge in [-0.05, 0) is 0 Å². The SMILES string of the molecule is O=C(O)C1(F)C(F)C(F)C1F. The van der Waals surface area contributed by atoms with Crippen molar-refractivity contribution >= 4 is 5.97 Å². The average Bonchev–Trinajstić information content (AvgIpc) is 1.99. The van der Waals surface area contributed by atoms with Crippen LogP contribution in [-0.4, -0.2) is 35.3 Å². The maximum Gasteiger partial charge on any atom is 0.347 e. The van der Waals surface area contributed by atoms with Crippen molar-refractivity contribution < 1.29 is 27.5 Å². The largest absolute Gasteiger partial charge is 0.479 e. The summed E-state index contributed by atoms with van der Waals surface area (Å²) in [5, 5.41) is 7.93. The molecule has 1 rings (SSSR count). The molecule has 0 bridgehead atoms. The highest BCUT2D eigenvalue weighted by Gasteiger charge is 2.71. The molecule has 1 saturated carbocycles. The van der Waals surface area contributed by atoms with Crippen molar-refractivity contribution in [2.24, 2.45) is 0 Å². The van der Waals surface area contributed by atoms with Gasteiger partial charge in [-0.15, -0.1) is 0 Å². The summed E-state index contributed by atoms with van der Waals surface area (Å²) in [7, 11) is 0. The maximum atomic E-state index is 12.5. The van der Waals surface area contributed by atoms with E-state index < -0.39 is 30.2 Å². The number of hydrogen-bond donors (Lipinski definition) is 1. The van der Waals surface area contributed by atoms with Crippen LogP contribution in [0.2, 0.25) is 0 Å². The molecule has 2 atom stereocenters. The van der Waals surface area contributed by atoms with Gasteiger partial charge in [-0.25, -0.2) is 22.4 Å². The van der Waals surface area contributed by atoms with Gasteiger partial charge in [-0.2, -0.15) is 0 Å². The van der Waals surface area contributed by atoms with Crippen molar-refractivity contribution in [1.29, 1.82) is 0 Å². The quantitative estimate of drug-likeness (QED) is 0.594. The zero-order valence-corrected chi connectivity index (χ0v) is 5.10. The van der Waals surface area contributed by atoms with Gasteiger partial charge in [-0.3, -0.25) is 0 Å². The fourth-order valence-electron chi connectivity index (χ4n) is 0.881. The molecule has 0 heterocycles. The molecule has 0 spiro atoms. The summed E-state index contributed by atoms with van der Waals surface area (Å²) in [5.41, 5.74) is -3.68. The van der Waals surface area contributed by atoms with E-state index in [1.165, 1.54) is 0 Å². The topological polar surface area (TPSA) is 37.3 Å². The normalized spacial score (nSPS) is 50.0. The van der Waals surface area contributed by atoms with Crippen LogP contribution in [0.15, 0.2) is 0 Å². The van der Waals surface area contributed by atoms with Crippen LogP contribution in [0, 0.1) is 0 Å². The van der Waals surface area contributed by atoms with E-state index in [4.69, 9.17) is 5.11 Å². The standard InChI is InChI=1S/C5H4F4O2/c6-1-2(7)5(9,3(1)8)4(10)11/h1-3H,(H,10,11). The van der Waals surface area contributed by atoms with Gasteiger partial charge < -0.3 is 5.11 Å². The average molecular weight is 172 g/mol. The number of carboxylic acid groups (broad SMARTS) is 1. The molecular weight excluding hydrogens is 168 g/mol. The van der Waals surface area contributed by atoms with Gasteiger partial charge in [0.15, 0.2) is 18.5 Å². The summed E-state index contributed by atoms with van der Waals surface area (Å²) in [4.78, 5) is 9.85. The summed E-state index contributed by atoms with van der Waals surface area (Å²) >= 11 is 0. The van der Waals surface area contributed by atoms with Crippen molar-refractivity contribution in [2.75, 3.05) is 0 Å². The zero-order valence-electron chi connectivity index (χ0n) is 5.10. The van der Waals surface area contributed by atoms with Crippen molar-refractivity contribution in [3.63, 3.8) is 0 Å². The van der Waals surface area contributed by atoms with E-state index in [2.05, 4.69) is 0 Å². The molecule has 0 aliphatic heterocycles. The van der Waals surface area contributed by atoms with Crippen LogP contribution in [-0.2, 0) is 4.79 Å². The lowest BCUT2D eigenvalue weighted by Gasteiger charge is -2.40. The smallest absolute Gasteiger partial charge is 0.347 e. The third-order valence-corrected chi connectivity index (χ3v) is 1.69. The number of alkyl halides is 4. The van der Waals surface area contributed by atoms with Crippen molar-refractivity contribution in [2.45, 2.75) is 24.2 Å². The van der Waals surface area contributed by atoms with Crippen LogP contribution in [0.3, 0.4) is 0 Å². The Kier molecular flexibility index (Phi) is 1.57. The van der Waals surface area contributed by atoms with Crippen LogP contribution >= 0.6 is 0 Å². The second-order valence-electron chi connectivity index (χ2n) is 2.32. The molecule has 1 fully saturated rings.